The minimum atomic E-state index is -0.250. The molecule has 9 heteroatoms. The maximum absolute atomic E-state index is 13.1. The summed E-state index contributed by atoms with van der Waals surface area (Å²) < 4.78 is 0. The molecule has 2 aromatic rings. The van der Waals surface area contributed by atoms with Crippen LogP contribution < -0.4 is 5.73 Å². The van der Waals surface area contributed by atoms with E-state index < -0.39 is 0 Å². The van der Waals surface area contributed by atoms with Gasteiger partial charge in [-0.1, -0.05) is 30.3 Å². The smallest absolute Gasteiger partial charge is 0.290 e. The third-order valence-corrected chi connectivity index (χ3v) is 6.34. The van der Waals surface area contributed by atoms with Crippen LogP contribution in [0.5, 0.6) is 0 Å². The highest BCUT2D eigenvalue weighted by molar-refractivity contribution is 5.93. The number of nitrogen functional groups attached to an aromatic ring is 1. The van der Waals surface area contributed by atoms with E-state index in [0.29, 0.717) is 37.6 Å². The van der Waals surface area contributed by atoms with Crippen molar-refractivity contribution in [3.63, 3.8) is 0 Å². The maximum atomic E-state index is 13.1. The summed E-state index contributed by atoms with van der Waals surface area (Å²) in [6, 6.07) is 12.1. The number of benzene rings is 1. The fourth-order valence-corrected chi connectivity index (χ4v) is 4.83. The van der Waals surface area contributed by atoms with Gasteiger partial charge in [-0.3, -0.25) is 14.4 Å². The monoisotopic (exact) mass is 439 g/mol. The molecule has 3 N–H and O–H groups in total. The molecule has 0 unspecified atom stereocenters. The summed E-state index contributed by atoms with van der Waals surface area (Å²) in [6.45, 7) is 5.87. The number of anilines is 1. The van der Waals surface area contributed by atoms with Gasteiger partial charge >= 0.3 is 0 Å². The molecule has 2 atom stereocenters. The maximum Gasteiger partial charge on any atom is 0.290 e. The molecule has 4 rings (SSSR count). The molecule has 1 aromatic carbocycles. The van der Waals surface area contributed by atoms with Crippen molar-refractivity contribution in [1.82, 2.24) is 19.8 Å². The Balaban J connectivity index is 0.000000913. The van der Waals surface area contributed by atoms with E-state index in [9.17, 15) is 9.59 Å². The van der Waals surface area contributed by atoms with Crippen LogP contribution in [0, 0.1) is 18.3 Å². The van der Waals surface area contributed by atoms with Crippen molar-refractivity contribution in [2.75, 3.05) is 31.9 Å². The minimum Gasteiger partial charge on any atom is -0.483 e. The van der Waals surface area contributed by atoms with Crippen LogP contribution in [0.25, 0.3) is 0 Å². The Bertz CT molecular complexity index is 963. The van der Waals surface area contributed by atoms with Gasteiger partial charge in [-0.15, -0.1) is 0 Å². The number of nitrogens with zero attached hydrogens (tertiary/aromatic N) is 4. The number of aryl methyl sites for hydroxylation is 2. The van der Waals surface area contributed by atoms with Crippen molar-refractivity contribution in [2.24, 2.45) is 11.3 Å². The molecule has 2 aliphatic heterocycles. The van der Waals surface area contributed by atoms with E-state index in [1.807, 2.05) is 28.0 Å². The molecular formula is C23H29N5O4. The fourth-order valence-electron chi connectivity index (χ4n) is 4.83. The molecule has 1 aromatic heterocycles. The third-order valence-electron chi connectivity index (χ3n) is 6.34. The average Bonchev–Trinajstić information content (AvgIpc) is 3.27. The summed E-state index contributed by atoms with van der Waals surface area (Å²) in [5, 5.41) is 6.89. The summed E-state index contributed by atoms with van der Waals surface area (Å²) >= 11 is 0. The van der Waals surface area contributed by atoms with Crippen molar-refractivity contribution in [2.45, 2.75) is 26.7 Å². The number of hydrogen-bond donors (Lipinski definition) is 2. The largest absolute Gasteiger partial charge is 0.483 e. The molecule has 2 aliphatic rings. The lowest BCUT2D eigenvalue weighted by atomic mass is 9.76. The molecule has 3 heterocycles. The van der Waals surface area contributed by atoms with Crippen LogP contribution in [0.3, 0.4) is 0 Å². The minimum absolute atomic E-state index is 0.0786. The van der Waals surface area contributed by atoms with E-state index >= 15 is 0 Å². The average molecular weight is 440 g/mol. The van der Waals surface area contributed by atoms with Crippen LogP contribution in [-0.4, -0.2) is 69.3 Å². The van der Waals surface area contributed by atoms with Crippen molar-refractivity contribution in [1.29, 1.82) is 0 Å². The van der Waals surface area contributed by atoms with E-state index in [0.717, 1.165) is 12.8 Å². The molecule has 32 heavy (non-hydrogen) atoms. The zero-order valence-corrected chi connectivity index (χ0v) is 18.4. The molecule has 0 bridgehead atoms. The molecule has 170 valence electrons. The number of likely N-dealkylation sites (tertiary alicyclic amines) is 2. The van der Waals surface area contributed by atoms with Crippen molar-refractivity contribution in [3.8, 4) is 0 Å². The molecule has 0 spiro atoms. The van der Waals surface area contributed by atoms with E-state index in [1.54, 1.807) is 19.9 Å². The second kappa shape index (κ2) is 9.76. The summed E-state index contributed by atoms with van der Waals surface area (Å²) in [4.78, 5) is 45.5. The molecule has 0 radical (unpaired) electrons. The van der Waals surface area contributed by atoms with Gasteiger partial charge in [0.2, 0.25) is 11.9 Å². The Kier molecular flexibility index (Phi) is 7.07. The summed E-state index contributed by atoms with van der Waals surface area (Å²) in [6.07, 6.45) is 1.88. The molecule has 0 saturated carbocycles. The Hall–Kier alpha value is -3.49. The van der Waals surface area contributed by atoms with E-state index in [4.69, 9.17) is 15.6 Å². The zero-order chi connectivity index (χ0) is 23.3. The van der Waals surface area contributed by atoms with Gasteiger partial charge in [-0.2, -0.15) is 0 Å². The van der Waals surface area contributed by atoms with E-state index in [2.05, 4.69) is 22.1 Å². The third kappa shape index (κ3) is 5.04. The lowest BCUT2D eigenvalue weighted by Crippen LogP contribution is -2.38. The summed E-state index contributed by atoms with van der Waals surface area (Å²) in [5.41, 5.74) is 7.97. The van der Waals surface area contributed by atoms with Gasteiger partial charge < -0.3 is 20.6 Å². The molecular weight excluding hydrogens is 410 g/mol. The van der Waals surface area contributed by atoms with Crippen LogP contribution in [0.4, 0.5) is 5.95 Å². The van der Waals surface area contributed by atoms with Gasteiger partial charge in [-0.05, 0) is 31.4 Å². The van der Waals surface area contributed by atoms with Gasteiger partial charge in [0.15, 0.2) is 0 Å². The van der Waals surface area contributed by atoms with E-state index in [1.165, 1.54) is 5.56 Å². The van der Waals surface area contributed by atoms with Crippen LogP contribution >= 0.6 is 0 Å². The Labute approximate surface area is 187 Å². The number of carbonyl (C=O) groups is 3. The zero-order valence-electron chi connectivity index (χ0n) is 18.4. The summed E-state index contributed by atoms with van der Waals surface area (Å²) in [5.74, 6) is 0.397. The Morgan fingerprint density at radius 1 is 1.19 bits per heavy atom. The van der Waals surface area contributed by atoms with Crippen LogP contribution in [0.2, 0.25) is 0 Å². The molecule has 9 nitrogen and oxygen atoms in total. The van der Waals surface area contributed by atoms with Gasteiger partial charge in [0, 0.05) is 50.1 Å². The van der Waals surface area contributed by atoms with Gasteiger partial charge in [0.25, 0.3) is 12.4 Å². The molecule has 2 fully saturated rings. The lowest BCUT2D eigenvalue weighted by Gasteiger charge is -2.29. The highest BCUT2D eigenvalue weighted by atomic mass is 16.3. The number of fused-ring (bicyclic) bond motifs is 1. The van der Waals surface area contributed by atoms with Crippen LogP contribution in [0.15, 0.2) is 36.4 Å². The second-order valence-electron chi connectivity index (χ2n) is 8.49. The van der Waals surface area contributed by atoms with E-state index in [-0.39, 0.29) is 35.6 Å². The number of rotatable bonds is 4. The fraction of sp³-hybridized carbons (Fsp3) is 0.435. The van der Waals surface area contributed by atoms with Gasteiger partial charge in [0.05, 0.1) is 0 Å². The number of carbonyl (C=O) groups excluding carboxylic acids is 2. The Morgan fingerprint density at radius 3 is 2.44 bits per heavy atom. The van der Waals surface area contributed by atoms with Crippen molar-refractivity contribution >= 4 is 24.2 Å². The second-order valence-corrected chi connectivity index (χ2v) is 8.49. The van der Waals surface area contributed by atoms with Gasteiger partial charge in [-0.25, -0.2) is 9.97 Å². The number of carboxylic acid groups (broad SMARTS) is 1. The number of hydrogen-bond acceptors (Lipinski definition) is 6. The number of nitrogens with two attached hydrogens (primary N) is 1. The SMILES string of the molecule is CC(=O)N1C[C@@H]2CN(C(=O)c3cc(C)nc(N)n3)C[C@]2(CCc2ccccc2)C1.O=CO. The first kappa shape index (κ1) is 23.2. The number of amides is 2. The highest BCUT2D eigenvalue weighted by Crippen LogP contribution is 2.46. The predicted molar refractivity (Wildman–Crippen MR) is 119 cm³/mol. The molecule has 2 saturated heterocycles. The topological polar surface area (TPSA) is 130 Å². The van der Waals surface area contributed by atoms with Crippen LogP contribution in [0.1, 0.15) is 35.1 Å². The quantitative estimate of drug-likeness (QED) is 0.693. The first-order valence-electron chi connectivity index (χ1n) is 10.6. The first-order valence-corrected chi connectivity index (χ1v) is 10.6. The molecule has 2 amide bonds. The lowest BCUT2D eigenvalue weighted by molar-refractivity contribution is -0.128. The Morgan fingerprint density at radius 2 is 1.81 bits per heavy atom. The molecule has 0 aliphatic carbocycles. The first-order chi connectivity index (χ1) is 15.3. The highest BCUT2D eigenvalue weighted by Gasteiger charge is 2.53. The number of aromatic nitrogens is 2. The summed E-state index contributed by atoms with van der Waals surface area (Å²) in [7, 11) is 0. The predicted octanol–water partition coefficient (Wildman–Crippen LogP) is 1.62. The van der Waals surface area contributed by atoms with Crippen LogP contribution in [-0.2, 0) is 16.0 Å². The van der Waals surface area contributed by atoms with Crippen molar-refractivity contribution < 1.29 is 19.5 Å². The normalized spacial score (nSPS) is 21.5. The standard InChI is InChI=1S/C22H27N5O2.CH2O2/c1-15-10-19(25-21(23)24-15)20(29)27-12-18-11-26(16(2)28)13-22(18,14-27)9-8-17-6-4-3-5-7-17;2-1-3/h3-7,10,18H,8-9,11-14H2,1-2H3,(H2,23,24,25);1H,(H,2,3)/t18-,22+;/m1./s1. The van der Waals surface area contributed by atoms with Gasteiger partial charge in [0.1, 0.15) is 5.69 Å². The van der Waals surface area contributed by atoms with Crippen molar-refractivity contribution in [3.05, 3.63) is 53.3 Å².